The van der Waals surface area contributed by atoms with Crippen molar-refractivity contribution in [3.8, 4) is 0 Å². The van der Waals surface area contributed by atoms with Crippen LogP contribution in [-0.4, -0.2) is 103 Å². The molecule has 13 heteroatoms. The van der Waals surface area contributed by atoms with Crippen molar-refractivity contribution >= 4 is 17.7 Å². The van der Waals surface area contributed by atoms with Crippen LogP contribution in [0.25, 0.3) is 0 Å². The van der Waals surface area contributed by atoms with Crippen molar-refractivity contribution in [2.45, 2.75) is 120 Å². The van der Waals surface area contributed by atoms with Crippen LogP contribution in [0.3, 0.4) is 0 Å². The van der Waals surface area contributed by atoms with Crippen LogP contribution in [0, 0.1) is 40.9 Å². The normalized spacial score (nSPS) is 51.3. The van der Waals surface area contributed by atoms with Crippen LogP contribution < -0.4 is 0 Å². The smallest absolute Gasteiger partial charge is 0.309 e. The fourth-order valence-electron chi connectivity index (χ4n) is 10.3. The van der Waals surface area contributed by atoms with Crippen LogP contribution in [-0.2, 0) is 33.3 Å². The molecule has 2 spiro atoms. The average Bonchev–Trinajstić information content (AvgIpc) is 3.01. The van der Waals surface area contributed by atoms with E-state index in [1.165, 1.54) is 0 Å². The van der Waals surface area contributed by atoms with Gasteiger partial charge in [-0.15, -0.1) is 0 Å². The third kappa shape index (κ3) is 4.08. The number of esters is 2. The Morgan fingerprint density at radius 1 is 1.02 bits per heavy atom. The summed E-state index contributed by atoms with van der Waals surface area (Å²) in [6, 6.07) is 0. The van der Waals surface area contributed by atoms with E-state index < -0.39 is 76.0 Å². The van der Waals surface area contributed by atoms with Gasteiger partial charge in [0.1, 0.15) is 23.9 Å². The second kappa shape index (κ2) is 10.4. The summed E-state index contributed by atoms with van der Waals surface area (Å²) in [5.41, 5.74) is -3.96. The van der Waals surface area contributed by atoms with Gasteiger partial charge in [-0.05, 0) is 63.2 Å². The molecule has 246 valence electrons. The molecule has 0 aromatic heterocycles. The molecule has 7 fully saturated rings. The first kappa shape index (κ1) is 34.2. The van der Waals surface area contributed by atoms with Crippen LogP contribution in [0.4, 0.5) is 0 Å². The highest BCUT2D eigenvalue weighted by Gasteiger charge is 2.85. The zero-order valence-corrected chi connectivity index (χ0v) is 25.7. The molecule has 14 atom stereocenters. The maximum atomic E-state index is 14.1. The van der Waals surface area contributed by atoms with Gasteiger partial charge in [0.2, 0.25) is 5.79 Å². The minimum atomic E-state index is -2.13. The van der Waals surface area contributed by atoms with Gasteiger partial charge in [-0.1, -0.05) is 20.8 Å². The first-order chi connectivity index (χ1) is 19.1. The Labute approximate surface area is 250 Å². The maximum Gasteiger partial charge on any atom is 0.309 e. The summed E-state index contributed by atoms with van der Waals surface area (Å²) in [5, 5.41) is 42.5. The van der Waals surface area contributed by atoms with Crippen LogP contribution in [0.2, 0.25) is 0 Å². The van der Waals surface area contributed by atoms with Gasteiger partial charge in [0.15, 0.2) is 11.4 Å². The molecule has 0 unspecified atom stereocenters. The van der Waals surface area contributed by atoms with E-state index >= 15 is 0 Å². The van der Waals surface area contributed by atoms with E-state index in [1.54, 1.807) is 6.92 Å². The summed E-state index contributed by atoms with van der Waals surface area (Å²) in [6.07, 6.45) is -1.40. The number of cyclic esters (lactones) is 1. The summed E-state index contributed by atoms with van der Waals surface area (Å²) in [7, 11) is 1.00. The fourth-order valence-corrected chi connectivity index (χ4v) is 10.3. The molecule has 43 heavy (non-hydrogen) atoms. The van der Waals surface area contributed by atoms with Crippen molar-refractivity contribution in [3.63, 3.8) is 0 Å². The van der Waals surface area contributed by atoms with Crippen LogP contribution in [0.1, 0.15) is 73.1 Å². The minimum absolute atomic E-state index is 0. The number of ketones is 1. The van der Waals surface area contributed by atoms with Crippen molar-refractivity contribution in [1.29, 1.82) is 0 Å². The molecular weight excluding hydrogens is 568 g/mol. The van der Waals surface area contributed by atoms with Gasteiger partial charge in [-0.25, -0.2) is 0 Å². The van der Waals surface area contributed by atoms with Gasteiger partial charge in [0.05, 0.1) is 30.0 Å². The molecule has 0 radical (unpaired) electrons. The molecule has 8 N–H and O–H groups in total. The lowest BCUT2D eigenvalue weighted by molar-refractivity contribution is -0.276. The number of Topliss-reactive ketones (excluding diaryl/α,β-unsaturated/α-hetero) is 1. The van der Waals surface area contributed by atoms with E-state index in [2.05, 4.69) is 0 Å². The number of fused-ring (bicyclic) bond motifs is 3. The summed E-state index contributed by atoms with van der Waals surface area (Å²) < 4.78 is 24.2. The summed E-state index contributed by atoms with van der Waals surface area (Å²) >= 11 is 0. The van der Waals surface area contributed by atoms with Gasteiger partial charge < -0.3 is 50.3 Å². The molecule has 2 bridgehead atoms. The molecule has 2 saturated carbocycles. The Kier molecular flexibility index (Phi) is 8.27. The number of hydrogen-bond donors (Lipinski definition) is 4. The van der Waals surface area contributed by atoms with Crippen molar-refractivity contribution < 1.29 is 64.7 Å². The van der Waals surface area contributed by atoms with Gasteiger partial charge in [0, 0.05) is 18.9 Å². The Hall–Kier alpha value is -1.71. The molecule has 0 aromatic carbocycles. The number of rotatable bonds is 3. The number of carbonyl (C=O) groups excluding carboxylic acids is 3. The SMILES string of the molecule is CO.C[C@H]([C@H](O)[C@@H]1C[C@@H](C)C(=O)O1)[C@@H]1[C@H]2[C@]1(C)CC[C@@]13O[C@]2(O)C(=O)[C@@H]1CC[C@H]1C(C)(C)O[C@@H]2CC(=O)O[C@@]21[C@H]3O.O.O. The topological polar surface area (TPSA) is 232 Å². The number of ether oxygens (including phenoxy) is 4. The quantitative estimate of drug-likeness (QED) is 0.287. The van der Waals surface area contributed by atoms with E-state index in [4.69, 9.17) is 24.1 Å². The number of hydrogen-bond acceptors (Lipinski definition) is 11. The highest BCUT2D eigenvalue weighted by atomic mass is 16.7. The molecule has 5 heterocycles. The molecule has 5 saturated heterocycles. The van der Waals surface area contributed by atoms with Gasteiger partial charge in [0.25, 0.3) is 0 Å². The van der Waals surface area contributed by atoms with Crippen molar-refractivity contribution in [1.82, 2.24) is 0 Å². The summed E-state index contributed by atoms with van der Waals surface area (Å²) in [6.45, 7) is 9.51. The van der Waals surface area contributed by atoms with Crippen LogP contribution in [0.15, 0.2) is 0 Å². The monoisotopic (exact) mass is 616 g/mol. The van der Waals surface area contributed by atoms with E-state index in [-0.39, 0.29) is 47.0 Å². The second-order valence-corrected chi connectivity index (χ2v) is 14.4. The van der Waals surface area contributed by atoms with Gasteiger partial charge in [-0.2, -0.15) is 0 Å². The lowest BCUT2D eigenvalue weighted by atomic mass is 9.67. The van der Waals surface area contributed by atoms with E-state index in [0.717, 1.165) is 7.11 Å². The maximum absolute atomic E-state index is 14.1. The first-order valence-corrected chi connectivity index (χ1v) is 15.0. The van der Waals surface area contributed by atoms with Crippen molar-refractivity contribution in [3.05, 3.63) is 0 Å². The van der Waals surface area contributed by atoms with Crippen molar-refractivity contribution in [2.75, 3.05) is 7.11 Å². The van der Waals surface area contributed by atoms with Crippen LogP contribution in [0.5, 0.6) is 0 Å². The summed E-state index contributed by atoms with van der Waals surface area (Å²) in [4.78, 5) is 38.6. The fraction of sp³-hybridized carbons (Fsp3) is 0.900. The largest absolute Gasteiger partial charge is 0.459 e. The lowest BCUT2D eigenvalue weighted by Gasteiger charge is -2.45. The Morgan fingerprint density at radius 2 is 1.67 bits per heavy atom. The molecule has 13 nitrogen and oxygen atoms in total. The predicted octanol–water partition coefficient (Wildman–Crippen LogP) is -0.783. The van der Waals surface area contributed by atoms with Gasteiger partial charge in [-0.3, -0.25) is 14.4 Å². The standard InChI is InChI=1S/C29H40O10.CH4O.2H2O/c1-12-10-15(36-23(12)33)20(31)13(2)19-21-26(19,5)8-9-27-14(22(32)29(21,35)39-27)6-7-16-25(3,4)37-17-11-18(30)38-28(16,17)24(27)34;1-2;;/h12-17,19-21,24,31,34-35H,6-11H2,1-5H3;2H,1H3;2*1H2/t12-,13+,14+,15+,16+,17-,19-,20+,21+,24+,26-,27-,28-,29+;;;/m1.../s1. The predicted molar refractivity (Wildman–Crippen MR) is 147 cm³/mol. The Balaban J connectivity index is 0.00000104. The molecule has 0 amide bonds. The number of aliphatic hydroxyl groups is 4. The third-order valence-electron chi connectivity index (χ3n) is 12.2. The average molecular weight is 617 g/mol. The third-order valence-corrected chi connectivity index (χ3v) is 12.2. The molecule has 7 aliphatic rings. The first-order valence-electron chi connectivity index (χ1n) is 15.0. The minimum Gasteiger partial charge on any atom is -0.459 e. The van der Waals surface area contributed by atoms with Crippen molar-refractivity contribution in [2.24, 2.45) is 40.9 Å². The van der Waals surface area contributed by atoms with Crippen LogP contribution >= 0.6 is 0 Å². The highest BCUT2D eigenvalue weighted by molar-refractivity contribution is 5.92. The van der Waals surface area contributed by atoms with E-state index in [0.29, 0.717) is 32.1 Å². The number of aliphatic hydroxyl groups excluding tert-OH is 3. The Bertz CT molecular complexity index is 1160. The lowest BCUT2D eigenvalue weighted by Crippen LogP contribution is -2.63. The zero-order valence-electron chi connectivity index (χ0n) is 25.7. The molecule has 5 aliphatic heterocycles. The zero-order chi connectivity index (χ0) is 30.1. The summed E-state index contributed by atoms with van der Waals surface area (Å²) in [5.74, 6) is -5.88. The second-order valence-electron chi connectivity index (χ2n) is 14.4. The molecule has 7 rings (SSSR count). The molecule has 2 aliphatic carbocycles. The molecular formula is C30H48O13. The van der Waals surface area contributed by atoms with Gasteiger partial charge >= 0.3 is 11.9 Å². The Morgan fingerprint density at radius 3 is 2.28 bits per heavy atom. The molecule has 0 aromatic rings. The highest BCUT2D eigenvalue weighted by Crippen LogP contribution is 2.75. The van der Waals surface area contributed by atoms with E-state index in [1.807, 2.05) is 27.7 Å². The number of carbonyl (C=O) groups is 3. The van der Waals surface area contributed by atoms with E-state index in [9.17, 15) is 29.7 Å².